The molecular weight excluding hydrogens is 259 g/mol. The van der Waals surface area contributed by atoms with Crippen LogP contribution in [0, 0.1) is 0 Å². The zero-order chi connectivity index (χ0) is 14.3. The molecule has 0 radical (unpaired) electrons. The molecule has 0 aliphatic carbocycles. The van der Waals surface area contributed by atoms with Crippen molar-refractivity contribution in [3.8, 4) is 5.75 Å². The summed E-state index contributed by atoms with van der Waals surface area (Å²) in [6.45, 7) is 1.52. The lowest BCUT2D eigenvalue weighted by molar-refractivity contribution is -0.0770. The molecule has 6 heteroatoms. The summed E-state index contributed by atoms with van der Waals surface area (Å²) in [4.78, 5) is 3.46. The fraction of sp³-hybridized carbons (Fsp3) is 0.308. The van der Waals surface area contributed by atoms with Gasteiger partial charge in [0.05, 0.1) is 12.8 Å². The van der Waals surface area contributed by atoms with E-state index in [4.69, 9.17) is 4.74 Å². The number of alkyl halides is 3. The summed E-state index contributed by atoms with van der Waals surface area (Å²) in [5, 5.41) is 0. The van der Waals surface area contributed by atoms with E-state index in [9.17, 15) is 13.2 Å². The van der Waals surface area contributed by atoms with Crippen LogP contribution in [0.2, 0.25) is 0 Å². The Balaban J connectivity index is 2.91. The molecular formula is C13H14F3NO2. The molecule has 0 heterocycles. The van der Waals surface area contributed by atoms with E-state index in [0.717, 1.165) is 0 Å². The van der Waals surface area contributed by atoms with E-state index in [1.807, 2.05) is 0 Å². The van der Waals surface area contributed by atoms with Crippen LogP contribution in [0.4, 0.5) is 18.9 Å². The maximum absolute atomic E-state index is 12.7. The van der Waals surface area contributed by atoms with Crippen LogP contribution in [0.3, 0.4) is 0 Å². The first-order valence-corrected chi connectivity index (χ1v) is 5.51. The van der Waals surface area contributed by atoms with Gasteiger partial charge in [-0.25, -0.2) is 4.99 Å². The van der Waals surface area contributed by atoms with E-state index in [1.165, 1.54) is 37.5 Å². The zero-order valence-electron chi connectivity index (χ0n) is 10.6. The standard InChI is InChI=1S/C13H14F3NO2/c1-3-4-9-19-12(13(14,15)16)17-10-5-7-11(18-2)8-6-10/h3-8H,9H2,1-2H3/b4-3+,17-12?. The molecule has 0 saturated heterocycles. The average molecular weight is 273 g/mol. The zero-order valence-corrected chi connectivity index (χ0v) is 10.6. The van der Waals surface area contributed by atoms with Crippen molar-refractivity contribution >= 4 is 11.6 Å². The number of nitrogens with zero attached hydrogens (tertiary/aromatic N) is 1. The number of aliphatic imine (C=N–C) groups is 1. The number of methoxy groups -OCH3 is 1. The number of allylic oxidation sites excluding steroid dienone is 1. The summed E-state index contributed by atoms with van der Waals surface area (Å²) in [6, 6.07) is 5.89. The summed E-state index contributed by atoms with van der Waals surface area (Å²) < 4.78 is 47.5. The molecule has 0 amide bonds. The van der Waals surface area contributed by atoms with Gasteiger partial charge >= 0.3 is 6.18 Å². The predicted molar refractivity (Wildman–Crippen MR) is 66.9 cm³/mol. The van der Waals surface area contributed by atoms with Crippen molar-refractivity contribution in [2.45, 2.75) is 13.1 Å². The Labute approximate surface area is 109 Å². The quantitative estimate of drug-likeness (QED) is 0.473. The van der Waals surface area contributed by atoms with Crippen LogP contribution in [0.25, 0.3) is 0 Å². The van der Waals surface area contributed by atoms with Crippen molar-refractivity contribution in [3.05, 3.63) is 36.4 Å². The van der Waals surface area contributed by atoms with Crippen LogP contribution in [0.15, 0.2) is 41.4 Å². The lowest BCUT2D eigenvalue weighted by Gasteiger charge is -2.10. The molecule has 104 valence electrons. The molecule has 0 N–H and O–H groups in total. The SMILES string of the molecule is C/C=C/COC(=Nc1ccc(OC)cc1)C(F)(F)F. The smallest absolute Gasteiger partial charge is 0.468 e. The molecule has 0 atom stereocenters. The van der Waals surface area contributed by atoms with Crippen molar-refractivity contribution in [1.82, 2.24) is 0 Å². The Morgan fingerprint density at radius 1 is 1.26 bits per heavy atom. The second-order valence-electron chi connectivity index (χ2n) is 3.49. The number of rotatable bonds is 4. The topological polar surface area (TPSA) is 30.8 Å². The van der Waals surface area contributed by atoms with Gasteiger partial charge in [0, 0.05) is 0 Å². The fourth-order valence-corrected chi connectivity index (χ4v) is 1.17. The van der Waals surface area contributed by atoms with Gasteiger partial charge in [0.2, 0.25) is 0 Å². The van der Waals surface area contributed by atoms with Gasteiger partial charge in [-0.05, 0) is 31.2 Å². The van der Waals surface area contributed by atoms with Crippen molar-refractivity contribution in [2.75, 3.05) is 13.7 Å². The number of hydrogen-bond donors (Lipinski definition) is 0. The third kappa shape index (κ3) is 5.03. The van der Waals surface area contributed by atoms with Crippen molar-refractivity contribution in [3.63, 3.8) is 0 Å². The van der Waals surface area contributed by atoms with E-state index in [-0.39, 0.29) is 12.3 Å². The number of halogens is 3. The predicted octanol–water partition coefficient (Wildman–Crippen LogP) is 3.88. The van der Waals surface area contributed by atoms with Crippen LogP contribution in [-0.2, 0) is 4.74 Å². The molecule has 19 heavy (non-hydrogen) atoms. The first-order chi connectivity index (χ1) is 8.97. The summed E-state index contributed by atoms with van der Waals surface area (Å²) in [5.41, 5.74) is 0.147. The minimum Gasteiger partial charge on any atom is -0.497 e. The third-order valence-corrected chi connectivity index (χ3v) is 2.10. The summed E-state index contributed by atoms with van der Waals surface area (Å²) in [6.07, 6.45) is -1.56. The highest BCUT2D eigenvalue weighted by atomic mass is 19.4. The molecule has 0 spiro atoms. The molecule has 0 fully saturated rings. The van der Waals surface area contributed by atoms with Gasteiger partial charge < -0.3 is 9.47 Å². The lowest BCUT2D eigenvalue weighted by atomic mass is 10.3. The molecule has 1 aromatic carbocycles. The van der Waals surface area contributed by atoms with E-state index in [2.05, 4.69) is 9.73 Å². The highest BCUT2D eigenvalue weighted by Crippen LogP contribution is 2.24. The van der Waals surface area contributed by atoms with Gasteiger partial charge in [-0.2, -0.15) is 13.2 Å². The van der Waals surface area contributed by atoms with Gasteiger partial charge in [-0.3, -0.25) is 0 Å². The average Bonchev–Trinajstić information content (AvgIpc) is 2.37. The largest absolute Gasteiger partial charge is 0.497 e. The van der Waals surface area contributed by atoms with Gasteiger partial charge in [0.15, 0.2) is 0 Å². The highest BCUT2D eigenvalue weighted by Gasteiger charge is 2.38. The van der Waals surface area contributed by atoms with E-state index in [0.29, 0.717) is 5.75 Å². The Morgan fingerprint density at radius 3 is 2.37 bits per heavy atom. The summed E-state index contributed by atoms with van der Waals surface area (Å²) in [7, 11) is 1.47. The van der Waals surface area contributed by atoms with Gasteiger partial charge in [0.25, 0.3) is 5.90 Å². The third-order valence-electron chi connectivity index (χ3n) is 2.10. The van der Waals surface area contributed by atoms with Crippen LogP contribution >= 0.6 is 0 Å². The van der Waals surface area contributed by atoms with Crippen LogP contribution in [0.1, 0.15) is 6.92 Å². The van der Waals surface area contributed by atoms with Crippen LogP contribution in [-0.4, -0.2) is 25.8 Å². The van der Waals surface area contributed by atoms with Gasteiger partial charge in [0.1, 0.15) is 12.4 Å². The number of hydrogen-bond acceptors (Lipinski definition) is 3. The molecule has 0 bridgehead atoms. The molecule has 3 nitrogen and oxygen atoms in total. The Hall–Kier alpha value is -1.98. The van der Waals surface area contributed by atoms with E-state index >= 15 is 0 Å². The Kier molecular flexibility index (Phi) is 5.41. The molecule has 1 aromatic rings. The highest BCUT2D eigenvalue weighted by molar-refractivity contribution is 5.84. The lowest BCUT2D eigenvalue weighted by Crippen LogP contribution is -2.25. The summed E-state index contributed by atoms with van der Waals surface area (Å²) in [5.74, 6) is -0.724. The number of ether oxygens (including phenoxy) is 2. The maximum atomic E-state index is 12.7. The maximum Gasteiger partial charge on any atom is 0.468 e. The Morgan fingerprint density at radius 2 is 1.89 bits per heavy atom. The van der Waals surface area contributed by atoms with Crippen LogP contribution < -0.4 is 4.74 Å². The normalized spacial score (nSPS) is 12.8. The molecule has 0 aliphatic rings. The Bertz CT molecular complexity index is 450. The van der Waals surface area contributed by atoms with Crippen LogP contribution in [0.5, 0.6) is 5.75 Å². The molecule has 0 unspecified atom stereocenters. The first kappa shape index (κ1) is 15.1. The molecule has 0 aliphatic heterocycles. The second-order valence-corrected chi connectivity index (χ2v) is 3.49. The van der Waals surface area contributed by atoms with Crippen molar-refractivity contribution in [2.24, 2.45) is 4.99 Å². The van der Waals surface area contributed by atoms with Gasteiger partial charge in [-0.15, -0.1) is 0 Å². The molecule has 0 saturated carbocycles. The second kappa shape index (κ2) is 6.82. The summed E-state index contributed by atoms with van der Waals surface area (Å²) >= 11 is 0. The molecule has 1 rings (SSSR count). The van der Waals surface area contributed by atoms with Crippen molar-refractivity contribution < 1.29 is 22.6 Å². The molecule has 0 aromatic heterocycles. The number of benzene rings is 1. The van der Waals surface area contributed by atoms with Crippen molar-refractivity contribution in [1.29, 1.82) is 0 Å². The van der Waals surface area contributed by atoms with Gasteiger partial charge in [-0.1, -0.05) is 12.2 Å². The van der Waals surface area contributed by atoms with E-state index in [1.54, 1.807) is 13.0 Å². The monoisotopic (exact) mass is 273 g/mol. The first-order valence-electron chi connectivity index (χ1n) is 5.51. The van der Waals surface area contributed by atoms with E-state index < -0.39 is 12.1 Å². The minimum absolute atomic E-state index is 0.147. The fourth-order valence-electron chi connectivity index (χ4n) is 1.17. The minimum atomic E-state index is -4.62.